The summed E-state index contributed by atoms with van der Waals surface area (Å²) in [6.07, 6.45) is -2.59. The van der Waals surface area contributed by atoms with Gasteiger partial charge in [-0.3, -0.25) is 14.6 Å². The van der Waals surface area contributed by atoms with E-state index in [-0.39, 0.29) is 51.9 Å². The second kappa shape index (κ2) is 7.27. The molecule has 1 aromatic carbocycles. The number of β-lactam (4-membered cyclic amide) rings is 1. The fourth-order valence-electron chi connectivity index (χ4n) is 5.54. The number of aromatic nitrogens is 3. The van der Waals surface area contributed by atoms with E-state index < -0.39 is 23.1 Å². The molecule has 6 heterocycles. The van der Waals surface area contributed by atoms with Gasteiger partial charge < -0.3 is 10.2 Å². The maximum Gasteiger partial charge on any atom is 0.433 e. The molecule has 0 radical (unpaired) electrons. The lowest BCUT2D eigenvalue weighted by molar-refractivity contribution is -0.159. The molecule has 0 saturated carbocycles. The summed E-state index contributed by atoms with van der Waals surface area (Å²) < 4.78 is 53.3. The number of carbonyl (C=O) groups excluding carboxylic acids is 1. The number of hydrogen-bond donors (Lipinski definition) is 2. The summed E-state index contributed by atoms with van der Waals surface area (Å²) >= 11 is 6.33. The van der Waals surface area contributed by atoms with Crippen molar-refractivity contribution in [2.45, 2.75) is 31.1 Å². The summed E-state index contributed by atoms with van der Waals surface area (Å²) in [6.45, 7) is 0.167. The zero-order valence-corrected chi connectivity index (χ0v) is 18.5. The number of amides is 1. The number of anilines is 1. The van der Waals surface area contributed by atoms with Gasteiger partial charge in [0.25, 0.3) is 5.56 Å². The Balaban J connectivity index is 1.23. The summed E-state index contributed by atoms with van der Waals surface area (Å²) in [5.41, 5.74) is -0.0833. The minimum atomic E-state index is -4.58. The molecule has 2 N–H and O–H groups in total. The van der Waals surface area contributed by atoms with Crippen LogP contribution in [0.4, 0.5) is 23.2 Å². The second-order valence-electron chi connectivity index (χ2n) is 9.05. The van der Waals surface area contributed by atoms with E-state index in [0.29, 0.717) is 18.5 Å². The Morgan fingerprint density at radius 3 is 2.74 bits per heavy atom. The summed E-state index contributed by atoms with van der Waals surface area (Å²) in [7, 11) is 0. The van der Waals surface area contributed by atoms with Crippen LogP contribution in [0.1, 0.15) is 29.4 Å². The highest BCUT2D eigenvalue weighted by atomic mass is 35.5. The van der Waals surface area contributed by atoms with E-state index in [0.717, 1.165) is 23.9 Å². The average molecular weight is 506 g/mol. The van der Waals surface area contributed by atoms with Gasteiger partial charge in [0.2, 0.25) is 5.91 Å². The maximum absolute atomic E-state index is 15.0. The molecule has 4 bridgehead atoms. The molecule has 3 aromatic rings. The Labute approximate surface area is 200 Å². The van der Waals surface area contributed by atoms with Gasteiger partial charge in [-0.15, -0.1) is 0 Å². The first kappa shape index (κ1) is 22.0. The molecule has 3 fully saturated rings. The minimum absolute atomic E-state index is 0.0439. The SMILES string of the molecule is O=C1N2C3Cc4cc(=O)[nH]nc4[C@H]2CC13CNc1cc(Cl)c(-c2ccc(C(F)(F)F)nc2)cc1F. The molecular weight excluding hydrogens is 490 g/mol. The first-order valence-electron chi connectivity index (χ1n) is 10.8. The van der Waals surface area contributed by atoms with Gasteiger partial charge in [-0.2, -0.15) is 18.3 Å². The summed E-state index contributed by atoms with van der Waals surface area (Å²) in [6, 6.07) is 5.63. The van der Waals surface area contributed by atoms with Gasteiger partial charge in [0.1, 0.15) is 11.5 Å². The third-order valence-corrected chi connectivity index (χ3v) is 7.51. The molecule has 7 rings (SSSR count). The van der Waals surface area contributed by atoms with Crippen LogP contribution in [0, 0.1) is 11.2 Å². The molecule has 180 valence electrons. The molecule has 4 aliphatic rings. The number of aromatic amines is 1. The van der Waals surface area contributed by atoms with E-state index in [9.17, 15) is 27.2 Å². The number of nitrogens with zero attached hydrogens (tertiary/aromatic N) is 3. The Kier molecular flexibility index (Phi) is 4.57. The number of hydrogen-bond acceptors (Lipinski definition) is 5. The first-order chi connectivity index (χ1) is 16.6. The highest BCUT2D eigenvalue weighted by molar-refractivity contribution is 6.33. The van der Waals surface area contributed by atoms with Crippen molar-refractivity contribution >= 4 is 23.2 Å². The highest BCUT2D eigenvalue weighted by Crippen LogP contribution is 2.61. The van der Waals surface area contributed by atoms with Crippen LogP contribution in [-0.2, 0) is 17.4 Å². The van der Waals surface area contributed by atoms with Crippen molar-refractivity contribution in [1.29, 1.82) is 0 Å². The average Bonchev–Trinajstić information content (AvgIpc) is 3.25. The molecule has 12 heteroatoms. The number of pyridine rings is 1. The van der Waals surface area contributed by atoms with Crippen molar-refractivity contribution < 1.29 is 22.4 Å². The zero-order valence-electron chi connectivity index (χ0n) is 17.8. The summed E-state index contributed by atoms with van der Waals surface area (Å²) in [5.74, 6) is -0.710. The molecule has 3 atom stereocenters. The number of rotatable bonds is 4. The predicted molar refractivity (Wildman–Crippen MR) is 117 cm³/mol. The van der Waals surface area contributed by atoms with E-state index in [1.165, 1.54) is 18.2 Å². The lowest BCUT2D eigenvalue weighted by atomic mass is 9.72. The van der Waals surface area contributed by atoms with Gasteiger partial charge in [0.15, 0.2) is 0 Å². The third kappa shape index (κ3) is 3.17. The molecule has 2 unspecified atom stereocenters. The van der Waals surface area contributed by atoms with Gasteiger partial charge in [-0.25, -0.2) is 9.49 Å². The topological polar surface area (TPSA) is 91.0 Å². The molecule has 4 aliphatic heterocycles. The first-order valence-corrected chi connectivity index (χ1v) is 11.1. The van der Waals surface area contributed by atoms with Gasteiger partial charge in [0, 0.05) is 29.9 Å². The van der Waals surface area contributed by atoms with E-state index >= 15 is 0 Å². The molecule has 0 aliphatic carbocycles. The summed E-state index contributed by atoms with van der Waals surface area (Å²) in [5, 5.41) is 9.69. The number of halogens is 5. The smallest absolute Gasteiger partial charge is 0.381 e. The van der Waals surface area contributed by atoms with Crippen molar-refractivity contribution in [3.05, 3.63) is 74.7 Å². The van der Waals surface area contributed by atoms with Crippen LogP contribution < -0.4 is 10.9 Å². The number of nitrogens with one attached hydrogen (secondary N) is 2. The number of carbonyl (C=O) groups is 1. The predicted octanol–water partition coefficient (Wildman–Crippen LogP) is 3.95. The monoisotopic (exact) mass is 505 g/mol. The molecule has 3 saturated heterocycles. The second-order valence-corrected chi connectivity index (χ2v) is 9.45. The van der Waals surface area contributed by atoms with Gasteiger partial charge in [-0.05, 0) is 36.6 Å². The Morgan fingerprint density at radius 2 is 2.03 bits per heavy atom. The fraction of sp³-hybridized carbons (Fsp3) is 0.304. The zero-order chi connectivity index (χ0) is 24.7. The van der Waals surface area contributed by atoms with E-state index in [1.54, 1.807) is 4.90 Å². The van der Waals surface area contributed by atoms with Crippen molar-refractivity contribution in [2.24, 2.45) is 5.41 Å². The normalized spacial score (nSPS) is 24.3. The van der Waals surface area contributed by atoms with Crippen molar-refractivity contribution in [2.75, 3.05) is 11.9 Å². The van der Waals surface area contributed by atoms with Crippen molar-refractivity contribution in [3.63, 3.8) is 0 Å². The van der Waals surface area contributed by atoms with Crippen LogP contribution in [0.25, 0.3) is 11.1 Å². The standard InChI is InChI=1S/C23H16ClF4N5O2/c24-13-6-15(14(25)5-12(13)10-1-2-17(29-8-10)23(26,27)28)30-9-22-7-16-20-11(4-19(34)31-32-20)3-18(22)33(16)21(22)35/h1-2,4-6,8,16,18,30H,3,7,9H2,(H,31,34)/t16-,18?,22?/m1/s1. The van der Waals surface area contributed by atoms with E-state index in [2.05, 4.69) is 20.5 Å². The Bertz CT molecular complexity index is 1440. The van der Waals surface area contributed by atoms with Crippen molar-refractivity contribution in [1.82, 2.24) is 20.1 Å². The number of fused-ring (bicyclic) bond motifs is 1. The van der Waals surface area contributed by atoms with Gasteiger partial charge in [-0.1, -0.05) is 17.7 Å². The van der Waals surface area contributed by atoms with Crippen LogP contribution in [-0.4, -0.2) is 38.6 Å². The quantitative estimate of drug-likeness (QED) is 0.414. The molecular formula is C23H16ClF4N5O2. The molecule has 7 nitrogen and oxygen atoms in total. The van der Waals surface area contributed by atoms with Gasteiger partial charge >= 0.3 is 6.18 Å². The summed E-state index contributed by atoms with van der Waals surface area (Å²) in [4.78, 5) is 29.8. The lowest BCUT2D eigenvalue weighted by Gasteiger charge is -2.50. The number of benzene rings is 1. The Hall–Kier alpha value is -3.47. The fourth-order valence-corrected chi connectivity index (χ4v) is 5.82. The van der Waals surface area contributed by atoms with Crippen LogP contribution in [0.15, 0.2) is 41.3 Å². The van der Waals surface area contributed by atoms with Crippen LogP contribution in [0.5, 0.6) is 0 Å². The Morgan fingerprint density at radius 1 is 1.23 bits per heavy atom. The molecule has 0 spiro atoms. The van der Waals surface area contributed by atoms with Crippen molar-refractivity contribution in [3.8, 4) is 11.1 Å². The van der Waals surface area contributed by atoms with Crippen LogP contribution in [0.3, 0.4) is 0 Å². The maximum atomic E-state index is 15.0. The van der Waals surface area contributed by atoms with E-state index in [4.69, 9.17) is 11.6 Å². The number of H-pyrrole nitrogens is 1. The molecule has 35 heavy (non-hydrogen) atoms. The number of alkyl halides is 3. The molecule has 1 amide bonds. The van der Waals surface area contributed by atoms with Crippen LogP contribution in [0.2, 0.25) is 5.02 Å². The van der Waals surface area contributed by atoms with Crippen LogP contribution >= 0.6 is 11.6 Å². The lowest BCUT2D eigenvalue weighted by Crippen LogP contribution is -2.66. The molecule has 2 aromatic heterocycles. The third-order valence-electron chi connectivity index (χ3n) is 7.19. The highest BCUT2D eigenvalue weighted by Gasteiger charge is 2.71. The minimum Gasteiger partial charge on any atom is -0.381 e. The van der Waals surface area contributed by atoms with E-state index in [1.807, 2.05) is 0 Å². The largest absolute Gasteiger partial charge is 0.433 e. The van der Waals surface area contributed by atoms with Gasteiger partial charge in [0.05, 0.1) is 33.9 Å².